The number of carbonyl (C=O) groups is 1. The van der Waals surface area contributed by atoms with E-state index in [1.807, 2.05) is 78.9 Å². The maximum atomic E-state index is 13.0. The first-order valence-electron chi connectivity index (χ1n) is 11.5. The van der Waals surface area contributed by atoms with E-state index in [1.54, 1.807) is 13.2 Å². The number of methoxy groups -OCH3 is 1. The molecule has 0 aromatic heterocycles. The Bertz CT molecular complexity index is 1270. The molecule has 0 aliphatic carbocycles. The van der Waals surface area contributed by atoms with E-state index < -0.39 is 10.0 Å². The Morgan fingerprint density at radius 2 is 1.54 bits per heavy atom. The molecule has 7 nitrogen and oxygen atoms in total. The van der Waals surface area contributed by atoms with Crippen molar-refractivity contribution in [2.24, 2.45) is 5.92 Å². The van der Waals surface area contributed by atoms with Crippen LogP contribution in [-0.4, -0.2) is 38.8 Å². The number of piperidine rings is 1. The van der Waals surface area contributed by atoms with Crippen molar-refractivity contribution < 1.29 is 17.9 Å². The average molecular weight is 492 g/mol. The minimum absolute atomic E-state index is 0.106. The van der Waals surface area contributed by atoms with Gasteiger partial charge in [0.15, 0.2) is 0 Å². The van der Waals surface area contributed by atoms with Gasteiger partial charge in [0.05, 0.1) is 18.5 Å². The highest BCUT2D eigenvalue weighted by Gasteiger charge is 2.30. The van der Waals surface area contributed by atoms with Gasteiger partial charge in [0.25, 0.3) is 0 Å². The fourth-order valence-electron chi connectivity index (χ4n) is 3.95. The number of para-hydroxylation sites is 2. The SMILES string of the molecule is COc1ccc(Nc2ccccc2NC(=O)C2CCN(S(=O)(=O)C=Cc3ccccc3)CC2)cc1. The summed E-state index contributed by atoms with van der Waals surface area (Å²) >= 11 is 0. The van der Waals surface area contributed by atoms with Gasteiger partial charge in [0, 0.05) is 30.1 Å². The molecule has 3 aromatic rings. The summed E-state index contributed by atoms with van der Waals surface area (Å²) in [6, 6.07) is 24.3. The van der Waals surface area contributed by atoms with E-state index in [0.717, 1.165) is 22.7 Å². The fraction of sp³-hybridized carbons (Fsp3) is 0.222. The van der Waals surface area contributed by atoms with E-state index in [0.29, 0.717) is 31.6 Å². The van der Waals surface area contributed by atoms with Crippen LogP contribution < -0.4 is 15.4 Å². The number of amides is 1. The maximum Gasteiger partial charge on any atom is 0.236 e. The van der Waals surface area contributed by atoms with Crippen molar-refractivity contribution in [2.75, 3.05) is 30.8 Å². The summed E-state index contributed by atoms with van der Waals surface area (Å²) in [7, 11) is -1.91. The molecule has 0 spiro atoms. The minimum atomic E-state index is -3.53. The van der Waals surface area contributed by atoms with Crippen molar-refractivity contribution in [1.82, 2.24) is 4.31 Å². The molecule has 1 aliphatic rings. The summed E-state index contributed by atoms with van der Waals surface area (Å²) in [6.45, 7) is 0.622. The molecular weight excluding hydrogens is 462 g/mol. The first-order valence-corrected chi connectivity index (χ1v) is 13.0. The number of ether oxygens (including phenoxy) is 1. The van der Waals surface area contributed by atoms with Gasteiger partial charge in [-0.15, -0.1) is 0 Å². The number of nitrogens with one attached hydrogen (secondary N) is 2. The number of hydrogen-bond acceptors (Lipinski definition) is 5. The lowest BCUT2D eigenvalue weighted by Gasteiger charge is -2.29. The molecule has 0 saturated carbocycles. The molecule has 1 amide bonds. The Kier molecular flexibility index (Phi) is 7.84. The van der Waals surface area contributed by atoms with Crippen LogP contribution in [-0.2, 0) is 14.8 Å². The van der Waals surface area contributed by atoms with E-state index in [2.05, 4.69) is 10.6 Å². The third-order valence-corrected chi connectivity index (χ3v) is 7.54. The molecular formula is C27H29N3O4S. The van der Waals surface area contributed by atoms with Crippen molar-refractivity contribution >= 4 is 39.1 Å². The van der Waals surface area contributed by atoms with E-state index >= 15 is 0 Å². The molecule has 1 saturated heterocycles. The van der Waals surface area contributed by atoms with Crippen molar-refractivity contribution in [3.8, 4) is 5.75 Å². The van der Waals surface area contributed by atoms with Crippen LogP contribution >= 0.6 is 0 Å². The molecule has 182 valence electrons. The van der Waals surface area contributed by atoms with Crippen molar-refractivity contribution in [2.45, 2.75) is 12.8 Å². The molecule has 35 heavy (non-hydrogen) atoms. The van der Waals surface area contributed by atoms with Gasteiger partial charge in [-0.05, 0) is 60.9 Å². The normalized spacial score (nSPS) is 15.1. The zero-order valence-electron chi connectivity index (χ0n) is 19.6. The molecule has 0 bridgehead atoms. The lowest BCUT2D eigenvalue weighted by molar-refractivity contribution is -0.120. The zero-order valence-corrected chi connectivity index (χ0v) is 20.4. The molecule has 0 atom stereocenters. The number of nitrogens with zero attached hydrogens (tertiary/aromatic N) is 1. The second kappa shape index (κ2) is 11.2. The van der Waals surface area contributed by atoms with Gasteiger partial charge in [-0.3, -0.25) is 4.79 Å². The quantitative estimate of drug-likeness (QED) is 0.458. The standard InChI is InChI=1S/C27H29N3O4S/c1-34-24-13-11-23(12-14-24)28-25-9-5-6-10-26(25)29-27(31)22-15-18-30(19-16-22)35(32,33)20-17-21-7-3-2-4-8-21/h2-14,17,20,22,28H,15-16,18-19H2,1H3,(H,29,31). The highest BCUT2D eigenvalue weighted by Crippen LogP contribution is 2.28. The van der Waals surface area contributed by atoms with Crippen molar-refractivity contribution in [3.05, 3.63) is 89.8 Å². The van der Waals surface area contributed by atoms with Crippen LogP contribution in [0, 0.1) is 5.92 Å². The Labute approximate surface area is 206 Å². The molecule has 1 heterocycles. The smallest absolute Gasteiger partial charge is 0.236 e. The summed E-state index contributed by atoms with van der Waals surface area (Å²) in [6.07, 6.45) is 2.54. The summed E-state index contributed by atoms with van der Waals surface area (Å²) < 4.78 is 32.1. The van der Waals surface area contributed by atoms with Crippen LogP contribution in [0.1, 0.15) is 18.4 Å². The highest BCUT2D eigenvalue weighted by molar-refractivity contribution is 7.92. The molecule has 1 aliphatic heterocycles. The lowest BCUT2D eigenvalue weighted by Crippen LogP contribution is -2.40. The van der Waals surface area contributed by atoms with Crippen LogP contribution in [0.25, 0.3) is 6.08 Å². The number of benzene rings is 3. The summed E-state index contributed by atoms with van der Waals surface area (Å²) in [5.74, 6) is 0.403. The molecule has 3 aromatic carbocycles. The van der Waals surface area contributed by atoms with E-state index in [1.165, 1.54) is 9.71 Å². The van der Waals surface area contributed by atoms with Gasteiger partial charge in [-0.25, -0.2) is 8.42 Å². The zero-order chi connectivity index (χ0) is 24.7. The first-order chi connectivity index (χ1) is 16.9. The van der Waals surface area contributed by atoms with Crippen molar-refractivity contribution in [3.63, 3.8) is 0 Å². The molecule has 4 rings (SSSR count). The molecule has 2 N–H and O–H groups in total. The number of sulfonamides is 1. The van der Waals surface area contributed by atoms with E-state index in [4.69, 9.17) is 4.74 Å². The molecule has 0 unspecified atom stereocenters. The number of carbonyl (C=O) groups excluding carboxylic acids is 1. The lowest BCUT2D eigenvalue weighted by atomic mass is 9.97. The van der Waals surface area contributed by atoms with Crippen LogP contribution in [0.5, 0.6) is 5.75 Å². The van der Waals surface area contributed by atoms with Crippen LogP contribution in [0.3, 0.4) is 0 Å². The second-order valence-electron chi connectivity index (χ2n) is 8.32. The van der Waals surface area contributed by atoms with Crippen LogP contribution in [0.4, 0.5) is 17.1 Å². The van der Waals surface area contributed by atoms with Gasteiger partial charge in [-0.2, -0.15) is 4.31 Å². The molecule has 8 heteroatoms. The Hall–Kier alpha value is -3.62. The topological polar surface area (TPSA) is 87.7 Å². The third kappa shape index (κ3) is 6.49. The second-order valence-corrected chi connectivity index (χ2v) is 10.1. The molecule has 0 radical (unpaired) electrons. The predicted octanol–water partition coefficient (Wildman–Crippen LogP) is 5.09. The van der Waals surface area contributed by atoms with E-state index in [-0.39, 0.29) is 11.8 Å². The number of rotatable bonds is 8. The maximum absolute atomic E-state index is 13.0. The van der Waals surface area contributed by atoms with Gasteiger partial charge in [0.2, 0.25) is 15.9 Å². The van der Waals surface area contributed by atoms with Gasteiger partial charge in [-0.1, -0.05) is 42.5 Å². The van der Waals surface area contributed by atoms with Crippen molar-refractivity contribution in [1.29, 1.82) is 0 Å². The Balaban J connectivity index is 1.35. The summed E-state index contributed by atoms with van der Waals surface area (Å²) in [4.78, 5) is 13.0. The Morgan fingerprint density at radius 3 is 2.20 bits per heavy atom. The van der Waals surface area contributed by atoms with Gasteiger partial charge >= 0.3 is 0 Å². The molecule has 1 fully saturated rings. The van der Waals surface area contributed by atoms with Gasteiger partial charge in [0.1, 0.15) is 5.75 Å². The number of anilines is 3. The average Bonchev–Trinajstić information content (AvgIpc) is 2.90. The van der Waals surface area contributed by atoms with E-state index in [9.17, 15) is 13.2 Å². The first kappa shape index (κ1) is 24.5. The summed E-state index contributed by atoms with van der Waals surface area (Å²) in [5.41, 5.74) is 3.15. The predicted molar refractivity (Wildman–Crippen MR) is 140 cm³/mol. The fourth-order valence-corrected chi connectivity index (χ4v) is 5.17. The number of hydrogen-bond donors (Lipinski definition) is 2. The minimum Gasteiger partial charge on any atom is -0.497 e. The highest BCUT2D eigenvalue weighted by atomic mass is 32.2. The van der Waals surface area contributed by atoms with Crippen LogP contribution in [0.15, 0.2) is 84.3 Å². The summed E-state index contributed by atoms with van der Waals surface area (Å²) in [5, 5.41) is 7.58. The monoisotopic (exact) mass is 491 g/mol. The van der Waals surface area contributed by atoms with Crippen LogP contribution in [0.2, 0.25) is 0 Å². The van der Waals surface area contributed by atoms with Gasteiger partial charge < -0.3 is 15.4 Å². The largest absolute Gasteiger partial charge is 0.497 e. The third-order valence-electron chi connectivity index (χ3n) is 5.97. The Morgan fingerprint density at radius 1 is 0.914 bits per heavy atom.